The molecule has 0 aliphatic carbocycles. The molecule has 35 heavy (non-hydrogen) atoms. The third-order valence-corrected chi connectivity index (χ3v) is 6.90. The summed E-state index contributed by atoms with van der Waals surface area (Å²) in [5, 5.41) is 0. The highest BCUT2D eigenvalue weighted by Gasteiger charge is 2.54. The van der Waals surface area contributed by atoms with Gasteiger partial charge in [0, 0.05) is 50.8 Å². The first kappa shape index (κ1) is 24.6. The van der Waals surface area contributed by atoms with Gasteiger partial charge in [-0.25, -0.2) is 0 Å². The number of aromatic nitrogens is 1. The van der Waals surface area contributed by atoms with Gasteiger partial charge in [-0.1, -0.05) is 36.4 Å². The molecule has 0 saturated carbocycles. The molecule has 2 aliphatic rings. The third-order valence-electron chi connectivity index (χ3n) is 6.90. The van der Waals surface area contributed by atoms with Gasteiger partial charge in [0.25, 0.3) is 0 Å². The van der Waals surface area contributed by atoms with Gasteiger partial charge in [-0.15, -0.1) is 0 Å². The zero-order chi connectivity index (χ0) is 24.8. The number of rotatable bonds is 8. The number of hydrogen-bond donors (Lipinski definition) is 0. The van der Waals surface area contributed by atoms with Crippen molar-refractivity contribution in [1.29, 1.82) is 0 Å². The Kier molecular flexibility index (Phi) is 7.58. The number of nitrogens with zero attached hydrogens (tertiary/aromatic N) is 3. The Balaban J connectivity index is 1.54. The molecule has 1 aromatic carbocycles. The first-order valence-corrected chi connectivity index (χ1v) is 12.2. The molecule has 0 bridgehead atoms. The van der Waals surface area contributed by atoms with Gasteiger partial charge in [-0.05, 0) is 37.5 Å². The van der Waals surface area contributed by atoms with Crippen molar-refractivity contribution in [1.82, 2.24) is 14.8 Å². The lowest BCUT2D eigenvalue weighted by Gasteiger charge is -2.34. The number of pyridine rings is 1. The fourth-order valence-electron chi connectivity index (χ4n) is 5.05. The lowest BCUT2D eigenvalue weighted by Crippen LogP contribution is -2.47. The van der Waals surface area contributed by atoms with Crippen molar-refractivity contribution in [3.8, 4) is 0 Å². The third kappa shape index (κ3) is 5.26. The van der Waals surface area contributed by atoms with Crippen molar-refractivity contribution in [2.45, 2.75) is 44.4 Å². The highest BCUT2D eigenvalue weighted by Crippen LogP contribution is 2.40. The SMILES string of the molecule is CCOC(=O)[C@H]1CCCN(C(=O)C[C@]2(c3ccccc3)CC(=O)N(CCc3ccccn3)C2=O)C1. The van der Waals surface area contributed by atoms with Crippen LogP contribution in [0.4, 0.5) is 0 Å². The number of benzene rings is 1. The van der Waals surface area contributed by atoms with Crippen LogP contribution in [0.3, 0.4) is 0 Å². The van der Waals surface area contributed by atoms with Gasteiger partial charge in [0.05, 0.1) is 17.9 Å². The standard InChI is InChI=1S/C27H31N3O5/c1-2-35-25(33)20-9-8-15-29(19-20)23(31)17-27(21-10-4-3-5-11-21)18-24(32)30(26(27)34)16-13-22-12-6-7-14-28-22/h3-7,10-12,14,20H,2,8-9,13,15-19H2,1H3/t20-,27+/m0/s1. The van der Waals surface area contributed by atoms with E-state index in [1.807, 2.05) is 36.4 Å². The van der Waals surface area contributed by atoms with Crippen molar-refractivity contribution < 1.29 is 23.9 Å². The van der Waals surface area contributed by atoms with Gasteiger partial charge >= 0.3 is 5.97 Å². The fraction of sp³-hybridized carbons (Fsp3) is 0.444. The monoisotopic (exact) mass is 477 g/mol. The number of imide groups is 1. The van der Waals surface area contributed by atoms with Crippen LogP contribution in [0.5, 0.6) is 0 Å². The van der Waals surface area contributed by atoms with Crippen LogP contribution in [0.15, 0.2) is 54.7 Å². The number of piperidine rings is 1. The molecule has 8 heteroatoms. The highest BCUT2D eigenvalue weighted by molar-refractivity contribution is 6.10. The van der Waals surface area contributed by atoms with E-state index >= 15 is 0 Å². The van der Waals surface area contributed by atoms with E-state index in [-0.39, 0.29) is 55.5 Å². The van der Waals surface area contributed by atoms with Crippen LogP contribution in [0, 0.1) is 5.92 Å². The summed E-state index contributed by atoms with van der Waals surface area (Å²) >= 11 is 0. The number of carbonyl (C=O) groups is 4. The molecule has 0 spiro atoms. The van der Waals surface area contributed by atoms with Crippen molar-refractivity contribution in [3.63, 3.8) is 0 Å². The molecule has 8 nitrogen and oxygen atoms in total. The molecule has 2 aromatic rings. The molecular formula is C27H31N3O5. The molecule has 2 saturated heterocycles. The van der Waals surface area contributed by atoms with Crippen molar-refractivity contribution in [2.75, 3.05) is 26.2 Å². The summed E-state index contributed by atoms with van der Waals surface area (Å²) in [7, 11) is 0. The number of amides is 3. The zero-order valence-corrected chi connectivity index (χ0v) is 20.0. The minimum Gasteiger partial charge on any atom is -0.466 e. The fourth-order valence-corrected chi connectivity index (χ4v) is 5.05. The van der Waals surface area contributed by atoms with Crippen LogP contribution >= 0.6 is 0 Å². The number of likely N-dealkylation sites (tertiary alicyclic amines) is 2. The molecule has 0 N–H and O–H groups in total. The van der Waals surface area contributed by atoms with E-state index < -0.39 is 5.41 Å². The van der Waals surface area contributed by atoms with Crippen LogP contribution in [0.1, 0.15) is 43.9 Å². The second-order valence-electron chi connectivity index (χ2n) is 9.15. The van der Waals surface area contributed by atoms with E-state index in [9.17, 15) is 19.2 Å². The molecule has 0 unspecified atom stereocenters. The maximum atomic E-state index is 13.8. The Labute approximate surface area is 205 Å². The van der Waals surface area contributed by atoms with Crippen LogP contribution in [-0.4, -0.2) is 64.7 Å². The molecule has 2 atom stereocenters. The molecule has 2 fully saturated rings. The zero-order valence-electron chi connectivity index (χ0n) is 20.0. The maximum absolute atomic E-state index is 13.8. The lowest BCUT2D eigenvalue weighted by molar-refractivity contribution is -0.152. The lowest BCUT2D eigenvalue weighted by atomic mass is 9.75. The number of carbonyl (C=O) groups excluding carboxylic acids is 4. The van der Waals surface area contributed by atoms with Gasteiger partial charge in [0.1, 0.15) is 0 Å². The van der Waals surface area contributed by atoms with E-state index in [4.69, 9.17) is 4.74 Å². The van der Waals surface area contributed by atoms with E-state index in [0.717, 1.165) is 5.69 Å². The molecule has 3 amide bonds. The average Bonchev–Trinajstić information content (AvgIpc) is 3.13. The Bertz CT molecular complexity index is 1070. The van der Waals surface area contributed by atoms with E-state index in [1.165, 1.54) is 4.90 Å². The Morgan fingerprint density at radius 1 is 1.11 bits per heavy atom. The Hall–Kier alpha value is -3.55. The second-order valence-corrected chi connectivity index (χ2v) is 9.15. The van der Waals surface area contributed by atoms with E-state index in [0.29, 0.717) is 38.0 Å². The number of esters is 1. The van der Waals surface area contributed by atoms with Crippen molar-refractivity contribution in [3.05, 3.63) is 66.0 Å². The highest BCUT2D eigenvalue weighted by atomic mass is 16.5. The number of hydrogen-bond acceptors (Lipinski definition) is 6. The van der Waals surface area contributed by atoms with E-state index in [1.54, 1.807) is 30.2 Å². The molecular weight excluding hydrogens is 446 g/mol. The van der Waals surface area contributed by atoms with Crippen molar-refractivity contribution >= 4 is 23.7 Å². The predicted molar refractivity (Wildman–Crippen MR) is 128 cm³/mol. The smallest absolute Gasteiger partial charge is 0.310 e. The molecule has 0 radical (unpaired) electrons. The summed E-state index contributed by atoms with van der Waals surface area (Å²) in [5.74, 6) is -1.52. The molecule has 1 aromatic heterocycles. The first-order valence-electron chi connectivity index (χ1n) is 12.2. The first-order chi connectivity index (χ1) is 16.9. The average molecular weight is 478 g/mol. The summed E-state index contributed by atoms with van der Waals surface area (Å²) in [6.45, 7) is 3.06. The van der Waals surface area contributed by atoms with Crippen molar-refractivity contribution in [2.24, 2.45) is 5.92 Å². The summed E-state index contributed by atoms with van der Waals surface area (Å²) < 4.78 is 5.15. The van der Waals surface area contributed by atoms with E-state index in [2.05, 4.69) is 4.98 Å². The maximum Gasteiger partial charge on any atom is 0.310 e. The van der Waals surface area contributed by atoms with Gasteiger partial charge in [0.15, 0.2) is 0 Å². The molecule has 4 rings (SSSR count). The minimum atomic E-state index is -1.25. The van der Waals surface area contributed by atoms with Gasteiger partial charge in [-0.3, -0.25) is 29.1 Å². The summed E-state index contributed by atoms with van der Waals surface area (Å²) in [4.78, 5) is 59.8. The van der Waals surface area contributed by atoms with Crippen LogP contribution in [0.2, 0.25) is 0 Å². The Morgan fingerprint density at radius 2 is 1.89 bits per heavy atom. The van der Waals surface area contributed by atoms with Crippen LogP contribution in [-0.2, 0) is 35.8 Å². The molecule has 184 valence electrons. The quantitative estimate of drug-likeness (QED) is 0.428. The normalized spacial score (nSPS) is 22.4. The van der Waals surface area contributed by atoms with Gasteiger partial charge < -0.3 is 9.64 Å². The predicted octanol–water partition coefficient (Wildman–Crippen LogP) is 2.51. The summed E-state index contributed by atoms with van der Waals surface area (Å²) in [6, 6.07) is 14.6. The van der Waals surface area contributed by atoms with Gasteiger partial charge in [-0.2, -0.15) is 0 Å². The molecule has 2 aliphatic heterocycles. The summed E-state index contributed by atoms with van der Waals surface area (Å²) in [6.07, 6.45) is 3.32. The minimum absolute atomic E-state index is 0.0566. The van der Waals surface area contributed by atoms with Gasteiger partial charge in [0.2, 0.25) is 17.7 Å². The van der Waals surface area contributed by atoms with Crippen LogP contribution in [0.25, 0.3) is 0 Å². The second kappa shape index (κ2) is 10.8. The molecule has 3 heterocycles. The van der Waals surface area contributed by atoms with Crippen LogP contribution < -0.4 is 0 Å². The number of ether oxygens (including phenoxy) is 1. The Morgan fingerprint density at radius 3 is 2.60 bits per heavy atom. The largest absolute Gasteiger partial charge is 0.466 e. The summed E-state index contributed by atoms with van der Waals surface area (Å²) in [5.41, 5.74) is 0.196. The topological polar surface area (TPSA) is 96.9 Å².